The average Bonchev–Trinajstić information content (AvgIpc) is 2.52. The van der Waals surface area contributed by atoms with Crippen molar-refractivity contribution in [2.24, 2.45) is 0 Å². The Bertz CT molecular complexity index is 333. The topological polar surface area (TPSA) is 64.6 Å². The minimum atomic E-state index is -0.965. The molecule has 1 saturated heterocycles. The van der Waals surface area contributed by atoms with Crippen molar-refractivity contribution in [3.63, 3.8) is 0 Å². The molecule has 5 nitrogen and oxygen atoms in total. The number of carbonyl (C=O) groups is 2. The van der Waals surface area contributed by atoms with Crippen molar-refractivity contribution in [2.75, 3.05) is 18.6 Å². The van der Waals surface area contributed by atoms with Crippen LogP contribution in [-0.2, 0) is 14.3 Å². The highest BCUT2D eigenvalue weighted by atomic mass is 33.1. The summed E-state index contributed by atoms with van der Waals surface area (Å²) in [6, 6.07) is 0. The molecule has 0 spiro atoms. The molecule has 0 saturated carbocycles. The second kappa shape index (κ2) is 6.74. The van der Waals surface area contributed by atoms with Crippen molar-refractivity contribution in [1.82, 2.24) is 5.32 Å². The summed E-state index contributed by atoms with van der Waals surface area (Å²) in [7, 11) is 4.75. The molecular weight excluding hydrogens is 286 g/mol. The summed E-state index contributed by atoms with van der Waals surface area (Å²) in [5.74, 6) is 1.17. The molecule has 1 amide bonds. The minimum Gasteiger partial charge on any atom is -0.467 e. The number of alkyl carbamates (subject to hydrolysis) is 1. The van der Waals surface area contributed by atoms with E-state index >= 15 is 0 Å². The summed E-state index contributed by atoms with van der Waals surface area (Å²) in [5, 5.41) is 2.72. The summed E-state index contributed by atoms with van der Waals surface area (Å²) in [6.45, 7) is 5.36. The normalized spacial score (nSPS) is 19.2. The molecule has 7 heteroatoms. The fourth-order valence-corrected chi connectivity index (χ4v) is 4.06. The van der Waals surface area contributed by atoms with E-state index in [4.69, 9.17) is 9.47 Å². The maximum Gasteiger partial charge on any atom is 0.408 e. The summed E-state index contributed by atoms with van der Waals surface area (Å²) in [6.07, 6.45) is 0.530. The second-order valence-corrected chi connectivity index (χ2v) is 8.05. The third-order valence-corrected chi connectivity index (χ3v) is 5.03. The predicted octanol–water partition coefficient (Wildman–Crippen LogP) is 2.60. The lowest BCUT2D eigenvalue weighted by Crippen LogP contribution is -2.56. The van der Waals surface area contributed by atoms with E-state index < -0.39 is 23.2 Å². The number of carbonyl (C=O) groups excluding carboxylic acids is 2. The van der Waals surface area contributed by atoms with Crippen molar-refractivity contribution in [1.29, 1.82) is 0 Å². The third kappa shape index (κ3) is 5.14. The van der Waals surface area contributed by atoms with Gasteiger partial charge in [-0.2, -0.15) is 0 Å². The van der Waals surface area contributed by atoms with E-state index in [0.717, 1.165) is 11.5 Å². The van der Waals surface area contributed by atoms with Crippen molar-refractivity contribution in [3.05, 3.63) is 0 Å². The number of rotatable bonds is 2. The van der Waals surface area contributed by atoms with Crippen LogP contribution >= 0.6 is 21.6 Å². The highest BCUT2D eigenvalue weighted by molar-refractivity contribution is 8.76. The van der Waals surface area contributed by atoms with Crippen LogP contribution in [0, 0.1) is 0 Å². The van der Waals surface area contributed by atoms with Gasteiger partial charge in [0.2, 0.25) is 0 Å². The maximum absolute atomic E-state index is 12.0. The lowest BCUT2D eigenvalue weighted by atomic mass is 9.93. The lowest BCUT2D eigenvalue weighted by Gasteiger charge is -2.31. The van der Waals surface area contributed by atoms with Gasteiger partial charge < -0.3 is 14.8 Å². The monoisotopic (exact) mass is 307 g/mol. The van der Waals surface area contributed by atoms with Crippen LogP contribution in [0.3, 0.4) is 0 Å². The molecule has 1 fully saturated rings. The molecule has 0 aromatic rings. The Morgan fingerprint density at radius 3 is 2.11 bits per heavy atom. The Morgan fingerprint density at radius 1 is 1.16 bits per heavy atom. The van der Waals surface area contributed by atoms with Gasteiger partial charge in [-0.1, -0.05) is 21.6 Å². The molecule has 110 valence electrons. The van der Waals surface area contributed by atoms with Crippen molar-refractivity contribution >= 4 is 33.7 Å². The highest BCUT2D eigenvalue weighted by Gasteiger charge is 2.42. The molecule has 0 aromatic heterocycles. The van der Waals surface area contributed by atoms with Crippen LogP contribution in [0.5, 0.6) is 0 Å². The van der Waals surface area contributed by atoms with Crippen LogP contribution < -0.4 is 5.32 Å². The minimum absolute atomic E-state index is 0.401. The summed E-state index contributed by atoms with van der Waals surface area (Å²) in [4.78, 5) is 23.9. The molecule has 1 aliphatic heterocycles. The zero-order chi connectivity index (χ0) is 14.5. The van der Waals surface area contributed by atoms with Gasteiger partial charge in [-0.25, -0.2) is 9.59 Å². The van der Waals surface area contributed by atoms with Crippen LogP contribution in [0.25, 0.3) is 0 Å². The number of ether oxygens (including phenoxy) is 2. The van der Waals surface area contributed by atoms with Gasteiger partial charge in [0, 0.05) is 11.5 Å². The first kappa shape index (κ1) is 16.5. The summed E-state index contributed by atoms with van der Waals surface area (Å²) >= 11 is 0. The molecule has 1 N–H and O–H groups in total. The van der Waals surface area contributed by atoms with Gasteiger partial charge in [-0.05, 0) is 33.6 Å². The average molecular weight is 307 g/mol. The van der Waals surface area contributed by atoms with E-state index in [9.17, 15) is 9.59 Å². The van der Waals surface area contributed by atoms with Crippen molar-refractivity contribution in [3.8, 4) is 0 Å². The van der Waals surface area contributed by atoms with Crippen LogP contribution in [-0.4, -0.2) is 41.8 Å². The third-order valence-electron chi connectivity index (χ3n) is 2.62. The number of hydrogen-bond donors (Lipinski definition) is 1. The molecule has 0 aliphatic carbocycles. The largest absolute Gasteiger partial charge is 0.467 e. The number of esters is 1. The van der Waals surface area contributed by atoms with E-state index in [1.807, 2.05) is 0 Å². The molecule has 0 radical (unpaired) electrons. The van der Waals surface area contributed by atoms with Gasteiger partial charge in [0.25, 0.3) is 0 Å². The van der Waals surface area contributed by atoms with Gasteiger partial charge in [-0.15, -0.1) is 0 Å². The van der Waals surface area contributed by atoms with Gasteiger partial charge in [-0.3, -0.25) is 0 Å². The number of methoxy groups -OCH3 is 1. The first-order valence-electron chi connectivity index (χ1n) is 6.13. The van der Waals surface area contributed by atoms with E-state index in [2.05, 4.69) is 5.32 Å². The Morgan fingerprint density at radius 2 is 1.68 bits per heavy atom. The van der Waals surface area contributed by atoms with Crippen LogP contribution in [0.2, 0.25) is 0 Å². The van der Waals surface area contributed by atoms with E-state index in [1.165, 1.54) is 7.11 Å². The smallest absolute Gasteiger partial charge is 0.408 e. The molecule has 19 heavy (non-hydrogen) atoms. The highest BCUT2D eigenvalue weighted by Crippen LogP contribution is 2.34. The number of nitrogens with one attached hydrogen (secondary N) is 1. The Kier molecular flexibility index (Phi) is 5.85. The fraction of sp³-hybridized carbons (Fsp3) is 0.833. The molecule has 0 atom stereocenters. The first-order chi connectivity index (χ1) is 8.79. The predicted molar refractivity (Wildman–Crippen MR) is 78.3 cm³/mol. The summed E-state index contributed by atoms with van der Waals surface area (Å²) < 4.78 is 10.1. The zero-order valence-corrected chi connectivity index (χ0v) is 13.4. The molecular formula is C12H21NO4S2. The zero-order valence-electron chi connectivity index (χ0n) is 11.8. The van der Waals surface area contributed by atoms with Gasteiger partial charge in [0.1, 0.15) is 11.1 Å². The Balaban J connectivity index is 2.79. The van der Waals surface area contributed by atoms with Crippen molar-refractivity contribution in [2.45, 2.75) is 44.8 Å². The second-order valence-electron chi connectivity index (χ2n) is 5.34. The SMILES string of the molecule is COC(=O)C1(NC(=O)OC(C)(C)C)CCSSCC1. The number of amides is 1. The molecule has 1 aliphatic rings. The maximum atomic E-state index is 12.0. The van der Waals surface area contributed by atoms with Crippen LogP contribution in [0.4, 0.5) is 4.79 Å². The summed E-state index contributed by atoms with van der Waals surface area (Å²) in [5.41, 5.74) is -1.55. The van der Waals surface area contributed by atoms with Gasteiger partial charge in [0.15, 0.2) is 0 Å². The van der Waals surface area contributed by atoms with E-state index in [0.29, 0.717) is 12.8 Å². The van der Waals surface area contributed by atoms with Crippen molar-refractivity contribution < 1.29 is 19.1 Å². The lowest BCUT2D eigenvalue weighted by molar-refractivity contribution is -0.148. The van der Waals surface area contributed by atoms with Gasteiger partial charge in [0.05, 0.1) is 7.11 Å². The Hall–Kier alpha value is -0.560. The molecule has 0 aromatic carbocycles. The first-order valence-corrected chi connectivity index (χ1v) is 8.62. The quantitative estimate of drug-likeness (QED) is 0.625. The van der Waals surface area contributed by atoms with E-state index in [1.54, 1.807) is 42.4 Å². The Labute approximate surface area is 121 Å². The molecule has 1 heterocycles. The van der Waals surface area contributed by atoms with E-state index in [-0.39, 0.29) is 0 Å². The molecule has 0 bridgehead atoms. The molecule has 0 unspecified atom stereocenters. The number of hydrogen-bond acceptors (Lipinski definition) is 6. The van der Waals surface area contributed by atoms with Crippen LogP contribution in [0.15, 0.2) is 0 Å². The standard InChI is InChI=1S/C12H21NO4S2/c1-11(2,3)17-10(15)13-12(9(14)16-4)5-7-18-19-8-6-12/h5-8H2,1-4H3,(H,13,15). The van der Waals surface area contributed by atoms with Crippen LogP contribution in [0.1, 0.15) is 33.6 Å². The fourth-order valence-electron chi connectivity index (χ4n) is 1.75. The van der Waals surface area contributed by atoms with Gasteiger partial charge >= 0.3 is 12.1 Å². The molecule has 1 rings (SSSR count).